The normalized spacial score (nSPS) is 18.0. The molecule has 0 unspecified atom stereocenters. The first-order chi connectivity index (χ1) is 13.7. The fourth-order valence-electron chi connectivity index (χ4n) is 4.27. The van der Waals surface area contributed by atoms with Crippen LogP contribution in [0.25, 0.3) is 0 Å². The summed E-state index contributed by atoms with van der Waals surface area (Å²) in [6.07, 6.45) is -0.634. The van der Waals surface area contributed by atoms with E-state index in [4.69, 9.17) is 0 Å². The number of anilines is 1. The van der Waals surface area contributed by atoms with Gasteiger partial charge in [0.1, 0.15) is 0 Å². The number of nitrogens with zero attached hydrogens (tertiary/aromatic N) is 2. The molecule has 0 aromatic heterocycles. The molecule has 0 saturated heterocycles. The van der Waals surface area contributed by atoms with Crippen molar-refractivity contribution in [3.05, 3.63) is 101 Å². The van der Waals surface area contributed by atoms with E-state index in [1.165, 1.54) is 11.1 Å². The molecule has 0 spiro atoms. The summed E-state index contributed by atoms with van der Waals surface area (Å²) in [4.78, 5) is 17.2. The van der Waals surface area contributed by atoms with Crippen LogP contribution in [0.5, 0.6) is 0 Å². The second-order valence-corrected chi connectivity index (χ2v) is 7.58. The number of aliphatic hydroxyl groups excluding tert-OH is 1. The van der Waals surface area contributed by atoms with E-state index in [1.807, 2.05) is 42.5 Å². The van der Waals surface area contributed by atoms with Gasteiger partial charge in [-0.25, -0.2) is 0 Å². The molecule has 0 radical (unpaired) electrons. The van der Waals surface area contributed by atoms with Crippen molar-refractivity contribution in [1.29, 1.82) is 0 Å². The highest BCUT2D eigenvalue weighted by molar-refractivity contribution is 5.95. The Morgan fingerprint density at radius 3 is 2.25 bits per heavy atom. The number of hydrogen-bond acceptors (Lipinski definition) is 3. The Kier molecular flexibility index (Phi) is 4.14. The number of amides is 1. The molecule has 1 amide bonds. The zero-order valence-electron chi connectivity index (χ0n) is 15.6. The Labute approximate surface area is 164 Å². The molecular weight excluding hydrogens is 348 g/mol. The van der Waals surface area contributed by atoms with Gasteiger partial charge in [-0.2, -0.15) is 0 Å². The molecule has 4 heteroatoms. The van der Waals surface area contributed by atoms with Crippen LogP contribution in [-0.4, -0.2) is 22.5 Å². The van der Waals surface area contributed by atoms with Crippen molar-refractivity contribution < 1.29 is 9.90 Å². The zero-order valence-corrected chi connectivity index (χ0v) is 15.6. The number of hydrogen-bond donors (Lipinski definition) is 1. The smallest absolute Gasteiger partial charge is 0.254 e. The van der Waals surface area contributed by atoms with Gasteiger partial charge in [-0.3, -0.25) is 4.79 Å². The zero-order chi connectivity index (χ0) is 19.1. The minimum atomic E-state index is -0.634. The van der Waals surface area contributed by atoms with Crippen LogP contribution in [-0.2, 0) is 19.6 Å². The number of carbonyl (C=O) groups is 1. The maximum Gasteiger partial charge on any atom is 0.254 e. The van der Waals surface area contributed by atoms with E-state index in [-0.39, 0.29) is 5.91 Å². The highest BCUT2D eigenvalue weighted by atomic mass is 16.3. The first-order valence-electron chi connectivity index (χ1n) is 9.66. The third-order valence-corrected chi connectivity index (χ3v) is 5.75. The van der Waals surface area contributed by atoms with Gasteiger partial charge >= 0.3 is 0 Å². The Bertz CT molecular complexity index is 1020. The average molecular weight is 370 g/mol. The second kappa shape index (κ2) is 6.80. The number of benzene rings is 3. The molecule has 3 aromatic carbocycles. The molecule has 2 aliphatic heterocycles. The maximum atomic E-state index is 13.1. The summed E-state index contributed by atoms with van der Waals surface area (Å²) in [6, 6.07) is 24.1. The molecule has 5 rings (SSSR count). The van der Waals surface area contributed by atoms with Crippen molar-refractivity contribution in [3.63, 3.8) is 0 Å². The summed E-state index contributed by atoms with van der Waals surface area (Å²) >= 11 is 0. The maximum absolute atomic E-state index is 13.1. The molecule has 2 aliphatic rings. The van der Waals surface area contributed by atoms with Gasteiger partial charge in [-0.05, 0) is 40.5 Å². The van der Waals surface area contributed by atoms with Gasteiger partial charge in [-0.15, -0.1) is 0 Å². The van der Waals surface area contributed by atoms with Crippen LogP contribution in [0.2, 0.25) is 0 Å². The molecule has 0 bridgehead atoms. The Hall–Kier alpha value is -3.11. The first kappa shape index (κ1) is 17.0. The first-order valence-corrected chi connectivity index (χ1v) is 9.66. The molecule has 1 N–H and O–H groups in total. The molecule has 3 aromatic rings. The van der Waals surface area contributed by atoms with Crippen molar-refractivity contribution in [2.45, 2.75) is 25.7 Å². The summed E-state index contributed by atoms with van der Waals surface area (Å²) in [5, 5.41) is 10.5. The SMILES string of the molecule is O=C(c1cccc(N2Cc3ccccc3C2)c1)N1Cc2ccccc2[C@@H](O)C1. The Morgan fingerprint density at radius 1 is 0.821 bits per heavy atom. The van der Waals surface area contributed by atoms with Crippen molar-refractivity contribution in [1.82, 2.24) is 4.90 Å². The topological polar surface area (TPSA) is 43.8 Å². The van der Waals surface area contributed by atoms with Crippen LogP contribution < -0.4 is 4.90 Å². The lowest BCUT2D eigenvalue weighted by atomic mass is 9.97. The highest BCUT2D eigenvalue weighted by Crippen LogP contribution is 2.30. The van der Waals surface area contributed by atoms with E-state index in [2.05, 4.69) is 35.2 Å². The lowest BCUT2D eigenvalue weighted by Crippen LogP contribution is -2.38. The van der Waals surface area contributed by atoms with Gasteiger partial charge in [0.05, 0.1) is 12.6 Å². The van der Waals surface area contributed by atoms with Crippen LogP contribution >= 0.6 is 0 Å². The minimum absolute atomic E-state index is 0.0351. The molecule has 1 atom stereocenters. The lowest BCUT2D eigenvalue weighted by Gasteiger charge is -2.32. The minimum Gasteiger partial charge on any atom is -0.387 e. The number of fused-ring (bicyclic) bond motifs is 2. The van der Waals surface area contributed by atoms with Crippen molar-refractivity contribution in [3.8, 4) is 0 Å². The number of rotatable bonds is 2. The van der Waals surface area contributed by atoms with Crippen LogP contribution in [0, 0.1) is 0 Å². The molecule has 0 saturated carbocycles. The second-order valence-electron chi connectivity index (χ2n) is 7.58. The van der Waals surface area contributed by atoms with E-state index >= 15 is 0 Å². The molecule has 2 heterocycles. The number of β-amino-alcohol motifs (C(OH)–C–C–N with tert-alkyl or cyclic N) is 1. The molecular formula is C24H22N2O2. The highest BCUT2D eigenvalue weighted by Gasteiger charge is 2.27. The predicted octanol–water partition coefficient (Wildman–Crippen LogP) is 3.90. The molecule has 0 aliphatic carbocycles. The standard InChI is InChI=1S/C24H22N2O2/c27-23-16-26(15-20-8-3-4-11-22(20)23)24(28)17-9-5-10-21(12-17)25-13-18-6-1-2-7-19(18)14-25/h1-12,23,27H,13-16H2/t23-/m0/s1. The van der Waals surface area contributed by atoms with Crippen LogP contribution in [0.1, 0.15) is 38.7 Å². The van der Waals surface area contributed by atoms with Gasteiger partial charge in [0.25, 0.3) is 5.91 Å². The van der Waals surface area contributed by atoms with Crippen LogP contribution in [0.4, 0.5) is 5.69 Å². The predicted molar refractivity (Wildman–Crippen MR) is 109 cm³/mol. The quantitative estimate of drug-likeness (QED) is 0.744. The summed E-state index contributed by atoms with van der Waals surface area (Å²) in [5.74, 6) is -0.0351. The number of aliphatic hydroxyl groups is 1. The van der Waals surface area contributed by atoms with Gasteiger partial charge in [0.15, 0.2) is 0 Å². The van der Waals surface area contributed by atoms with Gasteiger partial charge in [-0.1, -0.05) is 54.6 Å². The van der Waals surface area contributed by atoms with Crippen molar-refractivity contribution in [2.75, 3.05) is 11.4 Å². The van der Waals surface area contributed by atoms with Gasteiger partial charge < -0.3 is 14.9 Å². The summed E-state index contributed by atoms with van der Waals surface area (Å²) in [7, 11) is 0. The molecule has 140 valence electrons. The van der Waals surface area contributed by atoms with E-state index < -0.39 is 6.10 Å². The number of carbonyl (C=O) groups excluding carboxylic acids is 1. The monoisotopic (exact) mass is 370 g/mol. The van der Waals surface area contributed by atoms with E-state index in [0.29, 0.717) is 18.7 Å². The molecule has 4 nitrogen and oxygen atoms in total. The van der Waals surface area contributed by atoms with E-state index in [0.717, 1.165) is 29.9 Å². The third kappa shape index (κ3) is 2.96. The summed E-state index contributed by atoms with van der Waals surface area (Å²) in [5.41, 5.74) is 6.35. The third-order valence-electron chi connectivity index (χ3n) is 5.75. The molecule has 28 heavy (non-hydrogen) atoms. The van der Waals surface area contributed by atoms with E-state index in [1.54, 1.807) is 4.90 Å². The largest absolute Gasteiger partial charge is 0.387 e. The fraction of sp³-hybridized carbons (Fsp3) is 0.208. The lowest BCUT2D eigenvalue weighted by molar-refractivity contribution is 0.0550. The summed E-state index contributed by atoms with van der Waals surface area (Å²) < 4.78 is 0. The van der Waals surface area contributed by atoms with Crippen LogP contribution in [0.15, 0.2) is 72.8 Å². The Balaban J connectivity index is 1.38. The van der Waals surface area contributed by atoms with Crippen molar-refractivity contribution in [2.24, 2.45) is 0 Å². The van der Waals surface area contributed by atoms with Crippen molar-refractivity contribution >= 4 is 11.6 Å². The Morgan fingerprint density at radius 2 is 1.50 bits per heavy atom. The fourth-order valence-corrected chi connectivity index (χ4v) is 4.27. The summed E-state index contributed by atoms with van der Waals surface area (Å²) in [6.45, 7) is 2.59. The molecule has 0 fully saturated rings. The van der Waals surface area contributed by atoms with E-state index in [9.17, 15) is 9.90 Å². The van der Waals surface area contributed by atoms with Gasteiger partial charge in [0, 0.05) is 30.9 Å². The average Bonchev–Trinajstić information content (AvgIpc) is 3.18. The van der Waals surface area contributed by atoms with Gasteiger partial charge in [0.2, 0.25) is 0 Å². The van der Waals surface area contributed by atoms with Crippen LogP contribution in [0.3, 0.4) is 0 Å².